The van der Waals surface area contributed by atoms with Crippen LogP contribution in [0.2, 0.25) is 0 Å². The zero-order chi connectivity index (χ0) is 11.3. The van der Waals surface area contributed by atoms with Crippen molar-refractivity contribution in [3.63, 3.8) is 0 Å². The molecule has 0 unspecified atom stereocenters. The molecule has 1 rings (SSSR count). The van der Waals surface area contributed by atoms with Crippen molar-refractivity contribution in [2.24, 2.45) is 0 Å². The minimum Gasteiger partial charge on any atom is -0.478 e. The van der Waals surface area contributed by atoms with Crippen molar-refractivity contribution in [2.75, 3.05) is 13.6 Å². The lowest BCUT2D eigenvalue weighted by Gasteiger charge is -2.16. The lowest BCUT2D eigenvalue weighted by atomic mass is 10.2. The Labute approximate surface area is 89.6 Å². The van der Waals surface area contributed by atoms with Gasteiger partial charge in [-0.1, -0.05) is 36.9 Å². The van der Waals surface area contributed by atoms with Crippen LogP contribution in [0.1, 0.15) is 5.56 Å². The molecule has 80 valence electrons. The first-order valence-electron chi connectivity index (χ1n) is 4.73. The maximum absolute atomic E-state index is 10.6. The number of likely N-dealkylation sites (N-methyl/N-ethyl adjacent to an activating group) is 1. The Morgan fingerprint density at radius 3 is 2.53 bits per heavy atom. The van der Waals surface area contributed by atoms with Crippen molar-refractivity contribution in [1.82, 2.24) is 4.90 Å². The minimum absolute atomic E-state index is 0.216. The molecule has 0 heterocycles. The molecule has 15 heavy (non-hydrogen) atoms. The summed E-state index contributed by atoms with van der Waals surface area (Å²) in [6, 6.07) is 9.92. The highest BCUT2D eigenvalue weighted by Gasteiger charge is 2.07. The molecule has 1 aromatic carbocycles. The summed E-state index contributed by atoms with van der Waals surface area (Å²) in [5.74, 6) is -0.935. The molecule has 0 fully saturated rings. The number of hydrogen-bond donors (Lipinski definition) is 1. The van der Waals surface area contributed by atoms with Crippen LogP contribution in [-0.4, -0.2) is 29.6 Å². The van der Waals surface area contributed by atoms with Crippen LogP contribution in [0.15, 0.2) is 42.5 Å². The Morgan fingerprint density at radius 2 is 2.00 bits per heavy atom. The van der Waals surface area contributed by atoms with Gasteiger partial charge in [-0.15, -0.1) is 0 Å². The maximum atomic E-state index is 10.6. The smallest absolute Gasteiger partial charge is 0.332 e. The van der Waals surface area contributed by atoms with E-state index in [4.69, 9.17) is 5.11 Å². The molecule has 0 atom stereocenters. The van der Waals surface area contributed by atoms with Gasteiger partial charge in [-0.25, -0.2) is 4.79 Å². The molecule has 1 N–H and O–H groups in total. The van der Waals surface area contributed by atoms with Gasteiger partial charge in [0.25, 0.3) is 0 Å². The van der Waals surface area contributed by atoms with E-state index in [1.54, 1.807) is 0 Å². The summed E-state index contributed by atoms with van der Waals surface area (Å²) in [5.41, 5.74) is 1.38. The molecule has 0 amide bonds. The highest BCUT2D eigenvalue weighted by Crippen LogP contribution is 2.04. The number of nitrogens with zero attached hydrogens (tertiary/aromatic N) is 1. The van der Waals surface area contributed by atoms with Gasteiger partial charge < -0.3 is 5.11 Å². The molecule has 0 radical (unpaired) electrons. The third-order valence-corrected chi connectivity index (χ3v) is 2.06. The van der Waals surface area contributed by atoms with Crippen molar-refractivity contribution >= 4 is 5.97 Å². The second-order valence-corrected chi connectivity index (χ2v) is 3.57. The predicted molar refractivity (Wildman–Crippen MR) is 59.6 cm³/mol. The number of benzene rings is 1. The van der Waals surface area contributed by atoms with Crippen LogP contribution in [0.25, 0.3) is 0 Å². The Hall–Kier alpha value is -1.61. The maximum Gasteiger partial charge on any atom is 0.332 e. The van der Waals surface area contributed by atoms with Gasteiger partial charge in [-0.05, 0) is 12.6 Å². The second-order valence-electron chi connectivity index (χ2n) is 3.57. The second kappa shape index (κ2) is 5.32. The van der Waals surface area contributed by atoms with Crippen LogP contribution in [0.3, 0.4) is 0 Å². The zero-order valence-corrected chi connectivity index (χ0v) is 8.81. The van der Waals surface area contributed by atoms with Gasteiger partial charge in [0.05, 0.1) is 0 Å². The molecule has 0 bridgehead atoms. The first-order valence-corrected chi connectivity index (χ1v) is 4.73. The molecular weight excluding hydrogens is 190 g/mol. The number of carboxylic acid groups (broad SMARTS) is 1. The fourth-order valence-corrected chi connectivity index (χ4v) is 1.34. The summed E-state index contributed by atoms with van der Waals surface area (Å²) >= 11 is 0. The third-order valence-electron chi connectivity index (χ3n) is 2.06. The first-order chi connectivity index (χ1) is 7.09. The van der Waals surface area contributed by atoms with E-state index in [2.05, 4.69) is 6.58 Å². The quantitative estimate of drug-likeness (QED) is 0.745. The van der Waals surface area contributed by atoms with E-state index in [0.717, 1.165) is 12.1 Å². The molecule has 0 aliphatic rings. The monoisotopic (exact) mass is 205 g/mol. The summed E-state index contributed by atoms with van der Waals surface area (Å²) in [6.45, 7) is 4.60. The Kier molecular flexibility index (Phi) is 4.06. The van der Waals surface area contributed by atoms with E-state index in [1.807, 2.05) is 42.3 Å². The highest BCUT2D eigenvalue weighted by molar-refractivity contribution is 5.86. The summed E-state index contributed by atoms with van der Waals surface area (Å²) in [5, 5.41) is 8.67. The van der Waals surface area contributed by atoms with Crippen molar-refractivity contribution in [3.05, 3.63) is 48.0 Å². The van der Waals surface area contributed by atoms with Gasteiger partial charge in [0.2, 0.25) is 0 Å². The van der Waals surface area contributed by atoms with Crippen LogP contribution in [-0.2, 0) is 11.3 Å². The van der Waals surface area contributed by atoms with Crippen molar-refractivity contribution in [2.45, 2.75) is 6.54 Å². The van der Waals surface area contributed by atoms with Crippen molar-refractivity contribution in [1.29, 1.82) is 0 Å². The lowest BCUT2D eigenvalue weighted by Crippen LogP contribution is -2.23. The molecule has 0 aromatic heterocycles. The number of carbonyl (C=O) groups is 1. The van der Waals surface area contributed by atoms with Crippen LogP contribution in [0, 0.1) is 0 Å². The highest BCUT2D eigenvalue weighted by atomic mass is 16.4. The number of rotatable bonds is 5. The van der Waals surface area contributed by atoms with Crippen LogP contribution in [0.5, 0.6) is 0 Å². The van der Waals surface area contributed by atoms with E-state index < -0.39 is 5.97 Å². The Balaban J connectivity index is 2.46. The van der Waals surface area contributed by atoms with E-state index in [9.17, 15) is 4.79 Å². The molecule has 3 heteroatoms. The van der Waals surface area contributed by atoms with Gasteiger partial charge in [-0.2, -0.15) is 0 Å². The fourth-order valence-electron chi connectivity index (χ4n) is 1.34. The average Bonchev–Trinajstić information content (AvgIpc) is 2.18. The van der Waals surface area contributed by atoms with E-state index in [0.29, 0.717) is 6.54 Å². The van der Waals surface area contributed by atoms with Crippen LogP contribution >= 0.6 is 0 Å². The fraction of sp³-hybridized carbons (Fsp3) is 0.250. The summed E-state index contributed by atoms with van der Waals surface area (Å²) in [6.07, 6.45) is 0. The molecule has 0 saturated heterocycles. The number of hydrogen-bond acceptors (Lipinski definition) is 2. The Morgan fingerprint density at radius 1 is 1.40 bits per heavy atom. The molecule has 3 nitrogen and oxygen atoms in total. The van der Waals surface area contributed by atoms with Gasteiger partial charge in [0.15, 0.2) is 0 Å². The van der Waals surface area contributed by atoms with Gasteiger partial charge >= 0.3 is 5.97 Å². The SMILES string of the molecule is C=C(CN(C)Cc1ccccc1)C(=O)O. The van der Waals surface area contributed by atoms with Crippen LogP contribution in [0.4, 0.5) is 0 Å². The minimum atomic E-state index is -0.935. The molecular formula is C12H15NO2. The van der Waals surface area contributed by atoms with Crippen molar-refractivity contribution in [3.8, 4) is 0 Å². The molecule has 0 aliphatic carbocycles. The van der Waals surface area contributed by atoms with E-state index in [1.165, 1.54) is 0 Å². The topological polar surface area (TPSA) is 40.5 Å². The zero-order valence-electron chi connectivity index (χ0n) is 8.81. The summed E-state index contributed by atoms with van der Waals surface area (Å²) in [4.78, 5) is 12.5. The Bertz CT molecular complexity index is 346. The largest absolute Gasteiger partial charge is 0.478 e. The summed E-state index contributed by atoms with van der Waals surface area (Å²) in [7, 11) is 1.88. The van der Waals surface area contributed by atoms with Gasteiger partial charge in [0.1, 0.15) is 0 Å². The molecule has 0 saturated carbocycles. The predicted octanol–water partition coefficient (Wildman–Crippen LogP) is 1.76. The molecule has 0 aliphatic heterocycles. The summed E-state index contributed by atoms with van der Waals surface area (Å²) < 4.78 is 0. The van der Waals surface area contributed by atoms with Gasteiger partial charge in [-0.3, -0.25) is 4.90 Å². The molecule has 0 spiro atoms. The number of carboxylic acids is 1. The number of aliphatic carboxylic acids is 1. The van der Waals surface area contributed by atoms with E-state index in [-0.39, 0.29) is 5.57 Å². The molecule has 1 aromatic rings. The standard InChI is InChI=1S/C12H15NO2/c1-10(12(14)15)8-13(2)9-11-6-4-3-5-7-11/h3-7H,1,8-9H2,2H3,(H,14,15). The van der Waals surface area contributed by atoms with E-state index >= 15 is 0 Å². The first kappa shape index (κ1) is 11.5. The lowest BCUT2D eigenvalue weighted by molar-refractivity contribution is -0.132. The average molecular weight is 205 g/mol. The van der Waals surface area contributed by atoms with Gasteiger partial charge in [0, 0.05) is 18.7 Å². The third kappa shape index (κ3) is 3.95. The van der Waals surface area contributed by atoms with Crippen LogP contribution < -0.4 is 0 Å². The van der Waals surface area contributed by atoms with Crippen molar-refractivity contribution < 1.29 is 9.90 Å². The normalized spacial score (nSPS) is 10.3.